The summed E-state index contributed by atoms with van der Waals surface area (Å²) in [5.41, 5.74) is 0. The molecule has 0 aliphatic rings. The molecule has 1 N–H and O–H groups in total. The van der Waals surface area contributed by atoms with Crippen molar-refractivity contribution in [1.29, 1.82) is 0 Å². The van der Waals surface area contributed by atoms with Crippen LogP contribution in [0.1, 0.15) is 48.5 Å². The molecule has 2 heteroatoms. The average Bonchev–Trinajstić information content (AvgIpc) is 1.92. The zero-order chi connectivity index (χ0) is 10.8. The second-order valence-corrected chi connectivity index (χ2v) is 2.05. The van der Waals surface area contributed by atoms with Crippen LogP contribution in [0.15, 0.2) is 0 Å². The molecule has 0 saturated carbocycles. The van der Waals surface area contributed by atoms with Crippen LogP contribution in [0.3, 0.4) is 0 Å². The van der Waals surface area contributed by atoms with Crippen LogP contribution in [0.4, 0.5) is 0 Å². The fourth-order valence-electron chi connectivity index (χ4n) is 0. The molecule has 0 aromatic heterocycles. The summed E-state index contributed by atoms with van der Waals surface area (Å²) < 4.78 is 0. The fourth-order valence-corrected chi connectivity index (χ4v) is 0. The first-order valence-corrected chi connectivity index (χ1v) is 4.49. The summed E-state index contributed by atoms with van der Waals surface area (Å²) in [5.74, 6) is 0. The van der Waals surface area contributed by atoms with Crippen LogP contribution in [-0.4, -0.2) is 11.7 Å². The Morgan fingerprint density at radius 2 is 0.769 bits per heavy atom. The van der Waals surface area contributed by atoms with E-state index in [1.54, 1.807) is 6.92 Å². The van der Waals surface area contributed by atoms with Gasteiger partial charge in [-0.1, -0.05) is 0 Å². The van der Waals surface area contributed by atoms with Crippen LogP contribution >= 0.6 is 0 Å². The summed E-state index contributed by atoms with van der Waals surface area (Å²) in [7, 11) is 0. The van der Waals surface area contributed by atoms with Crippen LogP contribution < -0.4 is 0 Å². The van der Waals surface area contributed by atoms with E-state index < -0.39 is 0 Å². The van der Waals surface area contributed by atoms with Crippen molar-refractivity contribution in [2.75, 3.05) is 6.61 Å². The summed E-state index contributed by atoms with van der Waals surface area (Å²) in [4.78, 5) is 0. The Morgan fingerprint density at radius 1 is 0.769 bits per heavy atom. The molecule has 0 fully saturated rings. The molecule has 0 aliphatic heterocycles. The van der Waals surface area contributed by atoms with Gasteiger partial charge in [0.15, 0.2) is 0 Å². The normalized spacial score (nSPS) is 5.54. The zero-order valence-corrected chi connectivity index (χ0v) is 11.9. The predicted octanol–water partition coefficient (Wildman–Crippen LogP) is 3.69. The molecule has 0 aliphatic carbocycles. The van der Waals surface area contributed by atoms with Gasteiger partial charge < -0.3 is 24.4 Å². The second-order valence-electron chi connectivity index (χ2n) is 2.05. The minimum absolute atomic E-state index is 0. The number of hydrogen-bond acceptors (Lipinski definition) is 1. The molecular formula is C11H27OTi. The summed E-state index contributed by atoms with van der Waals surface area (Å²) in [6, 6.07) is 0. The molecule has 0 spiro atoms. The summed E-state index contributed by atoms with van der Waals surface area (Å²) in [6.45, 7) is 13.9. The van der Waals surface area contributed by atoms with Gasteiger partial charge in [0.2, 0.25) is 0 Å². The molecule has 0 aromatic carbocycles. The van der Waals surface area contributed by atoms with Gasteiger partial charge >= 0.3 is 21.7 Å². The molecule has 0 unspecified atom stereocenters. The largest absolute Gasteiger partial charge is 3.00 e. The standard InChI is InChI=1S/3C3H7.C2H6O.Ti/c3*1-3-2;1-2-3;/h3*3H,1-2H3;3H,2H2,1H3;/q3*-1;;+3. The van der Waals surface area contributed by atoms with E-state index in [9.17, 15) is 0 Å². The average molecular weight is 223 g/mol. The van der Waals surface area contributed by atoms with Crippen LogP contribution in [0, 0.1) is 19.3 Å². The monoisotopic (exact) mass is 223 g/mol. The first-order chi connectivity index (χ1) is 5.66. The van der Waals surface area contributed by atoms with E-state index in [1.165, 1.54) is 0 Å². The molecule has 13 heavy (non-hydrogen) atoms. The summed E-state index contributed by atoms with van der Waals surface area (Å²) in [6.07, 6.45) is 6.00. The summed E-state index contributed by atoms with van der Waals surface area (Å²) in [5, 5.41) is 7.57. The number of rotatable bonds is 0. The van der Waals surface area contributed by atoms with Crippen molar-refractivity contribution in [3.63, 3.8) is 0 Å². The first-order valence-electron chi connectivity index (χ1n) is 4.49. The van der Waals surface area contributed by atoms with Gasteiger partial charge in [0.1, 0.15) is 0 Å². The van der Waals surface area contributed by atoms with Crippen molar-refractivity contribution < 1.29 is 26.8 Å². The van der Waals surface area contributed by atoms with Crippen molar-refractivity contribution in [2.24, 2.45) is 0 Å². The van der Waals surface area contributed by atoms with Crippen LogP contribution in [0.25, 0.3) is 0 Å². The van der Waals surface area contributed by atoms with Crippen molar-refractivity contribution in [2.45, 2.75) is 48.5 Å². The van der Waals surface area contributed by atoms with E-state index in [0.717, 1.165) is 0 Å². The zero-order valence-electron chi connectivity index (χ0n) is 10.4. The molecule has 81 valence electrons. The fraction of sp³-hybridized carbons (Fsp3) is 0.727. The van der Waals surface area contributed by atoms with E-state index in [2.05, 4.69) is 0 Å². The van der Waals surface area contributed by atoms with Gasteiger partial charge in [-0.2, -0.15) is 41.5 Å². The van der Waals surface area contributed by atoms with Crippen LogP contribution in [0.5, 0.6) is 0 Å². The molecule has 0 atom stereocenters. The van der Waals surface area contributed by atoms with E-state index >= 15 is 0 Å². The minimum atomic E-state index is 0. The van der Waals surface area contributed by atoms with Gasteiger partial charge in [-0.25, -0.2) is 0 Å². The smallest absolute Gasteiger partial charge is 0.397 e. The quantitative estimate of drug-likeness (QED) is 0.490. The number of aliphatic hydroxyl groups is 1. The number of aliphatic hydroxyl groups excluding tert-OH is 1. The molecule has 0 rings (SSSR count). The van der Waals surface area contributed by atoms with Gasteiger partial charge in [-0.15, -0.1) is 0 Å². The molecule has 0 saturated heterocycles. The molecule has 0 heterocycles. The van der Waals surface area contributed by atoms with E-state index in [-0.39, 0.29) is 28.3 Å². The third kappa shape index (κ3) is 3180. The van der Waals surface area contributed by atoms with Crippen LogP contribution in [-0.2, 0) is 21.7 Å². The third-order valence-corrected chi connectivity index (χ3v) is 0. The maximum Gasteiger partial charge on any atom is 3.00 e. The Morgan fingerprint density at radius 3 is 0.769 bits per heavy atom. The Kier molecular flexibility index (Phi) is 178. The Bertz CT molecular complexity index is 18.1. The summed E-state index contributed by atoms with van der Waals surface area (Å²) >= 11 is 0. The van der Waals surface area contributed by atoms with Gasteiger partial charge in [-0.05, 0) is 6.92 Å². The minimum Gasteiger partial charge on any atom is -0.397 e. The van der Waals surface area contributed by atoms with Crippen molar-refractivity contribution in [3.05, 3.63) is 19.3 Å². The van der Waals surface area contributed by atoms with E-state index in [4.69, 9.17) is 5.11 Å². The molecule has 0 bridgehead atoms. The maximum atomic E-state index is 7.57. The Hall–Kier alpha value is 0.674. The van der Waals surface area contributed by atoms with Crippen molar-refractivity contribution in [1.82, 2.24) is 0 Å². The maximum absolute atomic E-state index is 7.57. The first kappa shape index (κ1) is 29.2. The van der Waals surface area contributed by atoms with Gasteiger partial charge in [-0.3, -0.25) is 0 Å². The molecule has 0 amide bonds. The van der Waals surface area contributed by atoms with Crippen molar-refractivity contribution >= 4 is 0 Å². The molecule has 1 radical (unpaired) electrons. The third-order valence-electron chi connectivity index (χ3n) is 0. The Balaban J connectivity index is -0.0000000213. The Labute approximate surface area is 101 Å². The van der Waals surface area contributed by atoms with Gasteiger partial charge in [0.25, 0.3) is 0 Å². The van der Waals surface area contributed by atoms with E-state index in [0.29, 0.717) is 0 Å². The predicted molar refractivity (Wildman–Crippen MR) is 59.7 cm³/mol. The van der Waals surface area contributed by atoms with E-state index in [1.807, 2.05) is 60.8 Å². The van der Waals surface area contributed by atoms with Crippen molar-refractivity contribution in [3.8, 4) is 0 Å². The van der Waals surface area contributed by atoms with Gasteiger partial charge in [0.05, 0.1) is 0 Å². The molecular weight excluding hydrogens is 196 g/mol. The molecule has 0 aromatic rings. The SMILES string of the molecule is CCO.C[CH-]C.C[CH-]C.C[CH-]C.[Ti+3]. The second kappa shape index (κ2) is 79.1. The topological polar surface area (TPSA) is 20.2 Å². The number of hydrogen-bond donors (Lipinski definition) is 1. The molecule has 1 nitrogen and oxygen atoms in total. The van der Waals surface area contributed by atoms with Gasteiger partial charge in [0, 0.05) is 6.61 Å². The van der Waals surface area contributed by atoms with Crippen LogP contribution in [0.2, 0.25) is 0 Å².